The average molecular weight is 243 g/mol. The zero-order valence-electron chi connectivity index (χ0n) is 11.0. The summed E-state index contributed by atoms with van der Waals surface area (Å²) in [6.07, 6.45) is 0.714. The molecule has 1 aliphatic rings. The first kappa shape index (κ1) is 12.6. The molecule has 1 aromatic rings. The number of aryl methyl sites for hydroxylation is 1. The van der Waals surface area contributed by atoms with E-state index in [-0.39, 0.29) is 0 Å². The van der Waals surface area contributed by atoms with E-state index in [1.807, 2.05) is 26.8 Å². The lowest BCUT2D eigenvalue weighted by Crippen LogP contribution is -2.31. The molecule has 94 valence electrons. The molecule has 18 heavy (non-hydrogen) atoms. The van der Waals surface area contributed by atoms with Crippen molar-refractivity contribution in [2.24, 2.45) is 0 Å². The number of nitrogens with zero attached hydrogens (tertiary/aromatic N) is 1. The maximum Gasteiger partial charge on any atom is 0.299 e. The van der Waals surface area contributed by atoms with Gasteiger partial charge in [0.25, 0.3) is 11.7 Å². The smallest absolute Gasteiger partial charge is 0.299 e. The number of Topliss-reactive ketones (excluding diaryl/α,β-unsaturated/α-hetero) is 1. The Balaban J connectivity index is 2.46. The molecule has 0 aromatic heterocycles. The van der Waals surface area contributed by atoms with Gasteiger partial charge in [-0.2, -0.15) is 0 Å². The van der Waals surface area contributed by atoms with Crippen LogP contribution in [0.3, 0.4) is 0 Å². The topological polar surface area (TPSA) is 37.4 Å². The first-order chi connectivity index (χ1) is 8.43. The van der Waals surface area contributed by atoms with Crippen LogP contribution in [0.5, 0.6) is 0 Å². The Kier molecular flexibility index (Phi) is 3.07. The summed E-state index contributed by atoms with van der Waals surface area (Å²) < 4.78 is 0. The van der Waals surface area contributed by atoms with Gasteiger partial charge in [0.1, 0.15) is 0 Å². The van der Waals surface area contributed by atoms with Crippen molar-refractivity contribution in [3.63, 3.8) is 0 Å². The van der Waals surface area contributed by atoms with Crippen molar-refractivity contribution in [3.05, 3.63) is 41.0 Å². The molecule has 0 atom stereocenters. The molecule has 0 unspecified atom stereocenters. The monoisotopic (exact) mass is 243 g/mol. The number of amides is 1. The second-order valence-electron chi connectivity index (χ2n) is 4.90. The fourth-order valence-electron chi connectivity index (χ4n) is 2.19. The molecule has 2 rings (SSSR count). The van der Waals surface area contributed by atoms with E-state index in [2.05, 4.69) is 6.58 Å². The molecular weight excluding hydrogens is 226 g/mol. The predicted octanol–water partition coefficient (Wildman–Crippen LogP) is 2.80. The molecular formula is C15H17NO2. The Bertz CT molecular complexity index is 558. The predicted molar refractivity (Wildman–Crippen MR) is 72.0 cm³/mol. The molecule has 0 saturated heterocycles. The summed E-state index contributed by atoms with van der Waals surface area (Å²) in [4.78, 5) is 25.5. The molecule has 3 heteroatoms. The van der Waals surface area contributed by atoms with E-state index < -0.39 is 11.7 Å². The minimum atomic E-state index is -0.417. The zero-order valence-corrected chi connectivity index (χ0v) is 11.0. The number of carbonyl (C=O) groups excluding carboxylic acids is 2. The van der Waals surface area contributed by atoms with Gasteiger partial charge in [0.2, 0.25) is 0 Å². The molecule has 0 bridgehead atoms. The number of hydrogen-bond acceptors (Lipinski definition) is 2. The first-order valence-electron chi connectivity index (χ1n) is 6.04. The third-order valence-corrected chi connectivity index (χ3v) is 3.42. The van der Waals surface area contributed by atoms with E-state index in [9.17, 15) is 9.59 Å². The Hall–Kier alpha value is -1.90. The fraction of sp³-hybridized carbons (Fsp3) is 0.333. The van der Waals surface area contributed by atoms with E-state index in [1.165, 1.54) is 0 Å². The number of carbonyl (C=O) groups is 2. The average Bonchev–Trinajstić information content (AvgIpc) is 2.55. The summed E-state index contributed by atoms with van der Waals surface area (Å²) >= 11 is 0. The first-order valence-corrected chi connectivity index (χ1v) is 6.04. The normalized spacial score (nSPS) is 14.1. The number of hydrogen-bond donors (Lipinski definition) is 0. The van der Waals surface area contributed by atoms with Crippen molar-refractivity contribution in [2.45, 2.75) is 27.2 Å². The van der Waals surface area contributed by atoms with Crippen molar-refractivity contribution in [1.29, 1.82) is 0 Å². The summed E-state index contributed by atoms with van der Waals surface area (Å²) in [5, 5.41) is 0. The summed E-state index contributed by atoms with van der Waals surface area (Å²) in [7, 11) is 0. The van der Waals surface area contributed by atoms with Crippen LogP contribution in [0.25, 0.3) is 0 Å². The maximum atomic E-state index is 12.0. The highest BCUT2D eigenvalue weighted by atomic mass is 16.2. The van der Waals surface area contributed by atoms with Crippen LogP contribution in [0.2, 0.25) is 0 Å². The molecule has 1 heterocycles. The van der Waals surface area contributed by atoms with Crippen molar-refractivity contribution in [1.82, 2.24) is 0 Å². The molecule has 1 amide bonds. The highest BCUT2D eigenvalue weighted by Gasteiger charge is 2.36. The summed E-state index contributed by atoms with van der Waals surface area (Å²) in [6.45, 7) is 10.2. The van der Waals surface area contributed by atoms with Gasteiger partial charge in [0, 0.05) is 6.54 Å². The van der Waals surface area contributed by atoms with Crippen LogP contribution in [0.4, 0.5) is 5.69 Å². The van der Waals surface area contributed by atoms with Crippen LogP contribution in [-0.2, 0) is 4.79 Å². The Labute approximate surface area is 107 Å². The minimum absolute atomic E-state index is 0.394. The molecule has 0 aliphatic carbocycles. The standard InChI is InChI=1S/C15H17NO2/c1-9(2)7-8-16-13-11(4)10(3)5-6-12(13)14(17)15(16)18/h5-6H,1,7-8H2,2-4H3. The Morgan fingerprint density at radius 1 is 1.28 bits per heavy atom. The van der Waals surface area contributed by atoms with Gasteiger partial charge in [-0.3, -0.25) is 9.59 Å². The van der Waals surface area contributed by atoms with Crippen LogP contribution in [0.1, 0.15) is 34.8 Å². The highest BCUT2D eigenvalue weighted by molar-refractivity contribution is 6.52. The van der Waals surface area contributed by atoms with Crippen LogP contribution in [0, 0.1) is 13.8 Å². The lowest BCUT2D eigenvalue weighted by atomic mass is 10.0. The van der Waals surface area contributed by atoms with E-state index >= 15 is 0 Å². The molecule has 0 radical (unpaired) electrons. The number of rotatable bonds is 3. The van der Waals surface area contributed by atoms with Crippen LogP contribution in [-0.4, -0.2) is 18.2 Å². The van der Waals surface area contributed by atoms with Crippen molar-refractivity contribution in [2.75, 3.05) is 11.4 Å². The van der Waals surface area contributed by atoms with E-state index in [0.29, 0.717) is 18.5 Å². The molecule has 0 spiro atoms. The lowest BCUT2D eigenvalue weighted by molar-refractivity contribution is -0.114. The van der Waals surface area contributed by atoms with E-state index in [1.54, 1.807) is 11.0 Å². The van der Waals surface area contributed by atoms with Crippen molar-refractivity contribution >= 4 is 17.4 Å². The van der Waals surface area contributed by atoms with Crippen molar-refractivity contribution < 1.29 is 9.59 Å². The Morgan fingerprint density at radius 3 is 2.56 bits per heavy atom. The largest absolute Gasteiger partial charge is 0.304 e. The van der Waals surface area contributed by atoms with Gasteiger partial charge >= 0.3 is 0 Å². The van der Waals surface area contributed by atoms with E-state index in [4.69, 9.17) is 0 Å². The van der Waals surface area contributed by atoms with Gasteiger partial charge in [0.15, 0.2) is 0 Å². The number of fused-ring (bicyclic) bond motifs is 1. The third kappa shape index (κ3) is 1.86. The lowest BCUT2D eigenvalue weighted by Gasteiger charge is -2.19. The summed E-state index contributed by atoms with van der Waals surface area (Å²) in [5.74, 6) is -0.810. The number of ketones is 1. The van der Waals surface area contributed by atoms with Gasteiger partial charge in [-0.15, -0.1) is 6.58 Å². The summed E-state index contributed by atoms with van der Waals surface area (Å²) in [5.41, 5.74) is 4.43. The second kappa shape index (κ2) is 4.41. The quantitative estimate of drug-likeness (QED) is 0.604. The molecule has 0 fully saturated rings. The number of anilines is 1. The maximum absolute atomic E-state index is 12.0. The molecule has 3 nitrogen and oxygen atoms in total. The molecule has 1 aliphatic heterocycles. The molecule has 0 N–H and O–H groups in total. The van der Waals surface area contributed by atoms with Crippen LogP contribution in [0.15, 0.2) is 24.3 Å². The zero-order chi connectivity index (χ0) is 13.4. The van der Waals surface area contributed by atoms with Gasteiger partial charge in [-0.05, 0) is 44.4 Å². The van der Waals surface area contributed by atoms with Gasteiger partial charge in [-0.25, -0.2) is 0 Å². The molecule has 1 aromatic carbocycles. The minimum Gasteiger partial charge on any atom is -0.304 e. The SMILES string of the molecule is C=C(C)CCN1C(=O)C(=O)c2ccc(C)c(C)c21. The van der Waals surface area contributed by atoms with Gasteiger partial charge in [0.05, 0.1) is 11.3 Å². The second-order valence-corrected chi connectivity index (χ2v) is 4.90. The summed E-state index contributed by atoms with van der Waals surface area (Å²) in [6, 6.07) is 3.64. The van der Waals surface area contributed by atoms with Gasteiger partial charge < -0.3 is 4.90 Å². The van der Waals surface area contributed by atoms with Gasteiger partial charge in [-0.1, -0.05) is 11.6 Å². The third-order valence-electron chi connectivity index (χ3n) is 3.42. The fourth-order valence-corrected chi connectivity index (χ4v) is 2.19. The van der Waals surface area contributed by atoms with Crippen molar-refractivity contribution in [3.8, 4) is 0 Å². The Morgan fingerprint density at radius 2 is 1.94 bits per heavy atom. The van der Waals surface area contributed by atoms with Crippen LogP contribution >= 0.6 is 0 Å². The van der Waals surface area contributed by atoms with Crippen LogP contribution < -0.4 is 4.90 Å². The number of benzene rings is 1. The van der Waals surface area contributed by atoms with E-state index in [0.717, 1.165) is 22.4 Å². The molecule has 0 saturated carbocycles. The highest BCUT2D eigenvalue weighted by Crippen LogP contribution is 2.34.